The lowest BCUT2D eigenvalue weighted by Gasteiger charge is -2.12. The van der Waals surface area contributed by atoms with E-state index in [9.17, 15) is 5.11 Å². The summed E-state index contributed by atoms with van der Waals surface area (Å²) >= 11 is 0. The molecule has 0 fully saturated rings. The van der Waals surface area contributed by atoms with Crippen molar-refractivity contribution in [3.63, 3.8) is 0 Å². The van der Waals surface area contributed by atoms with E-state index < -0.39 is 18.8 Å². The third-order valence-corrected chi connectivity index (χ3v) is 1.35. The minimum atomic E-state index is -1.18. The second-order valence-corrected chi connectivity index (χ2v) is 2.17. The van der Waals surface area contributed by atoms with Crippen LogP contribution in [0.1, 0.15) is 11.9 Å². The van der Waals surface area contributed by atoms with Crippen molar-refractivity contribution in [2.24, 2.45) is 0 Å². The number of H-pyrrole nitrogens is 1. The average molecular weight is 158 g/mol. The highest BCUT2D eigenvalue weighted by atomic mass is 16.4. The van der Waals surface area contributed by atoms with Gasteiger partial charge in [-0.3, -0.25) is 0 Å². The molecule has 0 saturated carbocycles. The van der Waals surface area contributed by atoms with Crippen LogP contribution in [0.3, 0.4) is 0 Å². The van der Waals surface area contributed by atoms with Crippen LogP contribution in [0.25, 0.3) is 0 Å². The molecule has 5 nitrogen and oxygen atoms in total. The van der Waals surface area contributed by atoms with Gasteiger partial charge < -0.3 is 20.3 Å². The summed E-state index contributed by atoms with van der Waals surface area (Å²) in [5.74, 6) is 0.256. The van der Waals surface area contributed by atoms with E-state index in [-0.39, 0.29) is 5.82 Å². The van der Waals surface area contributed by atoms with Gasteiger partial charge >= 0.3 is 0 Å². The highest BCUT2D eigenvalue weighted by molar-refractivity contribution is 4.94. The van der Waals surface area contributed by atoms with Crippen LogP contribution in [0.2, 0.25) is 0 Å². The third kappa shape index (κ3) is 1.76. The zero-order valence-corrected chi connectivity index (χ0v) is 5.81. The molecule has 4 N–H and O–H groups in total. The molecule has 1 heterocycles. The molecule has 11 heavy (non-hydrogen) atoms. The van der Waals surface area contributed by atoms with Gasteiger partial charge in [0.25, 0.3) is 0 Å². The van der Waals surface area contributed by atoms with E-state index >= 15 is 0 Å². The Labute approximate surface area is 63.3 Å². The van der Waals surface area contributed by atoms with Gasteiger partial charge in [-0.15, -0.1) is 0 Å². The van der Waals surface area contributed by atoms with E-state index in [0.29, 0.717) is 0 Å². The normalized spacial score (nSPS) is 16.3. The van der Waals surface area contributed by atoms with Gasteiger partial charge in [-0.1, -0.05) is 0 Å². The molecule has 0 aliphatic rings. The van der Waals surface area contributed by atoms with Gasteiger partial charge in [0.15, 0.2) is 0 Å². The Bertz CT molecular complexity index is 200. The molecular formula is C6H10N2O3. The van der Waals surface area contributed by atoms with Gasteiger partial charge in [0.2, 0.25) is 0 Å². The summed E-state index contributed by atoms with van der Waals surface area (Å²) in [5.41, 5.74) is 0. The molecule has 0 aliphatic carbocycles. The Kier molecular flexibility index (Phi) is 2.58. The summed E-state index contributed by atoms with van der Waals surface area (Å²) < 4.78 is 0. The lowest BCUT2D eigenvalue weighted by atomic mass is 10.2. The van der Waals surface area contributed by atoms with Crippen LogP contribution < -0.4 is 0 Å². The Balaban J connectivity index is 2.62. The van der Waals surface area contributed by atoms with E-state index in [1.165, 1.54) is 12.4 Å². The topological polar surface area (TPSA) is 89.4 Å². The van der Waals surface area contributed by atoms with Crippen LogP contribution in [0.15, 0.2) is 12.4 Å². The standard InChI is InChI=1S/C6H10N2O3/c9-3-4(10)5(11)6-7-1-2-8-6/h1-2,4-5,9-11H,3H2,(H,7,8). The maximum absolute atomic E-state index is 9.17. The van der Waals surface area contributed by atoms with Gasteiger partial charge in [-0.25, -0.2) is 4.98 Å². The molecule has 0 bridgehead atoms. The monoisotopic (exact) mass is 158 g/mol. The third-order valence-electron chi connectivity index (χ3n) is 1.35. The van der Waals surface area contributed by atoms with E-state index in [2.05, 4.69) is 9.97 Å². The summed E-state index contributed by atoms with van der Waals surface area (Å²) in [4.78, 5) is 6.33. The molecule has 0 saturated heterocycles. The molecule has 2 atom stereocenters. The summed E-state index contributed by atoms with van der Waals surface area (Å²) in [6.45, 7) is -0.484. The van der Waals surface area contributed by atoms with Crippen molar-refractivity contribution in [1.29, 1.82) is 0 Å². The molecule has 0 amide bonds. The molecule has 2 unspecified atom stereocenters. The average Bonchev–Trinajstić information content (AvgIpc) is 2.53. The van der Waals surface area contributed by atoms with E-state index in [1.807, 2.05) is 0 Å². The first-order chi connectivity index (χ1) is 5.25. The first-order valence-corrected chi connectivity index (χ1v) is 3.22. The number of rotatable bonds is 3. The Morgan fingerprint density at radius 2 is 2.27 bits per heavy atom. The van der Waals surface area contributed by atoms with Gasteiger partial charge in [0.05, 0.1) is 6.61 Å². The van der Waals surface area contributed by atoms with Crippen molar-refractivity contribution < 1.29 is 15.3 Å². The summed E-state index contributed by atoms with van der Waals surface area (Å²) in [5, 5.41) is 26.6. The summed E-state index contributed by atoms with van der Waals surface area (Å²) in [6.07, 6.45) is 0.668. The lowest BCUT2D eigenvalue weighted by molar-refractivity contribution is -0.0191. The van der Waals surface area contributed by atoms with Crippen LogP contribution in [0, 0.1) is 0 Å². The molecule has 0 radical (unpaired) electrons. The predicted octanol–water partition coefficient (Wildman–Crippen LogP) is -1.20. The Morgan fingerprint density at radius 3 is 2.73 bits per heavy atom. The zero-order chi connectivity index (χ0) is 8.27. The second-order valence-electron chi connectivity index (χ2n) is 2.17. The molecule has 1 aromatic rings. The predicted molar refractivity (Wildman–Crippen MR) is 36.6 cm³/mol. The molecule has 1 aromatic heterocycles. The fourth-order valence-electron chi connectivity index (χ4n) is 0.721. The van der Waals surface area contributed by atoms with E-state index in [4.69, 9.17) is 10.2 Å². The number of hydrogen-bond donors (Lipinski definition) is 4. The molecule has 0 aliphatic heterocycles. The molecule has 0 spiro atoms. The van der Waals surface area contributed by atoms with Crippen LogP contribution in [0.4, 0.5) is 0 Å². The van der Waals surface area contributed by atoms with Gasteiger partial charge in [0.1, 0.15) is 18.0 Å². The number of imidazole rings is 1. The number of aromatic nitrogens is 2. The number of nitrogens with zero attached hydrogens (tertiary/aromatic N) is 1. The van der Waals surface area contributed by atoms with Gasteiger partial charge in [-0.05, 0) is 0 Å². The molecule has 5 heteroatoms. The van der Waals surface area contributed by atoms with Crippen molar-refractivity contribution >= 4 is 0 Å². The summed E-state index contributed by atoms with van der Waals surface area (Å²) in [6, 6.07) is 0. The molecule has 1 rings (SSSR count). The van der Waals surface area contributed by atoms with E-state index in [0.717, 1.165) is 0 Å². The van der Waals surface area contributed by atoms with Crippen LogP contribution in [0.5, 0.6) is 0 Å². The van der Waals surface area contributed by atoms with Gasteiger partial charge in [-0.2, -0.15) is 0 Å². The number of aliphatic hydroxyl groups excluding tert-OH is 3. The van der Waals surface area contributed by atoms with Crippen molar-refractivity contribution in [3.8, 4) is 0 Å². The van der Waals surface area contributed by atoms with Gasteiger partial charge in [0, 0.05) is 12.4 Å². The fourth-order valence-corrected chi connectivity index (χ4v) is 0.721. The van der Waals surface area contributed by atoms with Crippen molar-refractivity contribution in [3.05, 3.63) is 18.2 Å². The maximum atomic E-state index is 9.17. The highest BCUT2D eigenvalue weighted by Gasteiger charge is 2.18. The van der Waals surface area contributed by atoms with Crippen molar-refractivity contribution in [1.82, 2.24) is 9.97 Å². The SMILES string of the molecule is OCC(O)C(O)c1ncc[nH]1. The Hall–Kier alpha value is -0.910. The number of nitrogens with one attached hydrogen (secondary N) is 1. The minimum absolute atomic E-state index is 0.256. The van der Waals surface area contributed by atoms with Crippen LogP contribution in [-0.2, 0) is 0 Å². The maximum Gasteiger partial charge on any atom is 0.140 e. The molecule has 0 aromatic carbocycles. The smallest absolute Gasteiger partial charge is 0.140 e. The number of hydrogen-bond acceptors (Lipinski definition) is 4. The number of aromatic amines is 1. The first kappa shape index (κ1) is 8.19. The van der Waals surface area contributed by atoms with Crippen molar-refractivity contribution in [2.45, 2.75) is 12.2 Å². The molecular weight excluding hydrogens is 148 g/mol. The number of aliphatic hydroxyl groups is 3. The highest BCUT2D eigenvalue weighted by Crippen LogP contribution is 2.10. The Morgan fingerprint density at radius 1 is 1.55 bits per heavy atom. The van der Waals surface area contributed by atoms with Crippen LogP contribution in [-0.4, -0.2) is 38.0 Å². The lowest BCUT2D eigenvalue weighted by Crippen LogP contribution is -2.22. The molecule has 62 valence electrons. The quantitative estimate of drug-likeness (QED) is 0.444. The fraction of sp³-hybridized carbons (Fsp3) is 0.500. The van der Waals surface area contributed by atoms with E-state index in [1.54, 1.807) is 0 Å². The largest absolute Gasteiger partial charge is 0.394 e. The minimum Gasteiger partial charge on any atom is -0.394 e. The zero-order valence-electron chi connectivity index (χ0n) is 5.81. The summed E-state index contributed by atoms with van der Waals surface area (Å²) in [7, 11) is 0. The van der Waals surface area contributed by atoms with Crippen LogP contribution >= 0.6 is 0 Å². The van der Waals surface area contributed by atoms with Crippen molar-refractivity contribution in [2.75, 3.05) is 6.61 Å². The second kappa shape index (κ2) is 3.47. The first-order valence-electron chi connectivity index (χ1n) is 3.22.